The van der Waals surface area contributed by atoms with Gasteiger partial charge in [0, 0.05) is 31.1 Å². The van der Waals surface area contributed by atoms with Crippen molar-refractivity contribution in [3.63, 3.8) is 0 Å². The van der Waals surface area contributed by atoms with Crippen LogP contribution in [0.4, 0.5) is 0 Å². The number of aromatic nitrogens is 4. The molecule has 1 atom stereocenters. The Hall–Kier alpha value is -0.660. The standard InChI is InChI=1S/C12H24N6S/c1-3-4-13-11(2)12-14-15-16-18(12)6-5-17-7-9-19-10-8-17/h11,13H,3-10H2,1-2H3. The summed E-state index contributed by atoms with van der Waals surface area (Å²) in [6.07, 6.45) is 1.12. The molecule has 0 aromatic carbocycles. The molecule has 2 rings (SSSR count). The minimum absolute atomic E-state index is 0.215. The van der Waals surface area contributed by atoms with Gasteiger partial charge in [0.05, 0.1) is 12.6 Å². The number of tetrazole rings is 1. The summed E-state index contributed by atoms with van der Waals surface area (Å²) >= 11 is 2.04. The molecule has 1 N–H and O–H groups in total. The lowest BCUT2D eigenvalue weighted by Gasteiger charge is -2.26. The number of thioether (sulfide) groups is 1. The predicted octanol–water partition coefficient (Wildman–Crippen LogP) is 0.782. The Balaban J connectivity index is 1.84. The first-order chi connectivity index (χ1) is 9.31. The van der Waals surface area contributed by atoms with E-state index >= 15 is 0 Å². The zero-order valence-corrected chi connectivity index (χ0v) is 12.7. The maximum absolute atomic E-state index is 4.15. The van der Waals surface area contributed by atoms with E-state index in [0.717, 1.165) is 31.9 Å². The lowest BCUT2D eigenvalue weighted by Crippen LogP contribution is -2.35. The van der Waals surface area contributed by atoms with Gasteiger partial charge in [0.25, 0.3) is 0 Å². The molecule has 1 aliphatic heterocycles. The molecule has 0 aliphatic carbocycles. The van der Waals surface area contributed by atoms with Crippen molar-refractivity contribution in [1.29, 1.82) is 0 Å². The molecule has 1 unspecified atom stereocenters. The van der Waals surface area contributed by atoms with Crippen LogP contribution in [-0.4, -0.2) is 62.8 Å². The minimum Gasteiger partial charge on any atom is -0.307 e. The fourth-order valence-electron chi connectivity index (χ4n) is 2.19. The van der Waals surface area contributed by atoms with E-state index in [4.69, 9.17) is 0 Å². The summed E-state index contributed by atoms with van der Waals surface area (Å²) in [6, 6.07) is 0.215. The van der Waals surface area contributed by atoms with Crippen LogP contribution in [0.25, 0.3) is 0 Å². The van der Waals surface area contributed by atoms with Crippen molar-refractivity contribution in [3.05, 3.63) is 5.82 Å². The van der Waals surface area contributed by atoms with E-state index < -0.39 is 0 Å². The lowest BCUT2D eigenvalue weighted by atomic mass is 10.3. The van der Waals surface area contributed by atoms with E-state index in [-0.39, 0.29) is 6.04 Å². The van der Waals surface area contributed by atoms with E-state index in [1.807, 2.05) is 16.4 Å². The molecule has 0 amide bonds. The molecule has 1 aromatic rings. The Labute approximate surface area is 119 Å². The molecule has 7 heteroatoms. The Kier molecular flexibility index (Phi) is 6.06. The van der Waals surface area contributed by atoms with Crippen LogP contribution in [0.15, 0.2) is 0 Å². The van der Waals surface area contributed by atoms with Gasteiger partial charge in [-0.1, -0.05) is 6.92 Å². The average Bonchev–Trinajstić information content (AvgIpc) is 2.92. The Bertz CT molecular complexity index is 363. The molecule has 1 saturated heterocycles. The normalized spacial score (nSPS) is 18.6. The monoisotopic (exact) mass is 284 g/mol. The third-order valence-electron chi connectivity index (χ3n) is 3.38. The highest BCUT2D eigenvalue weighted by molar-refractivity contribution is 7.99. The highest BCUT2D eigenvalue weighted by Gasteiger charge is 2.15. The van der Waals surface area contributed by atoms with Crippen LogP contribution in [0.2, 0.25) is 0 Å². The lowest BCUT2D eigenvalue weighted by molar-refractivity contribution is 0.279. The Morgan fingerprint density at radius 2 is 2.11 bits per heavy atom. The van der Waals surface area contributed by atoms with Gasteiger partial charge in [-0.2, -0.15) is 11.8 Å². The van der Waals surface area contributed by atoms with E-state index in [9.17, 15) is 0 Å². The van der Waals surface area contributed by atoms with Gasteiger partial charge in [0.2, 0.25) is 0 Å². The summed E-state index contributed by atoms with van der Waals surface area (Å²) in [4.78, 5) is 2.49. The molecule has 1 aromatic heterocycles. The number of nitrogens with one attached hydrogen (secondary N) is 1. The van der Waals surface area contributed by atoms with Gasteiger partial charge in [-0.15, -0.1) is 5.10 Å². The summed E-state index contributed by atoms with van der Waals surface area (Å²) in [5.41, 5.74) is 0. The van der Waals surface area contributed by atoms with Crippen LogP contribution >= 0.6 is 11.8 Å². The van der Waals surface area contributed by atoms with Crippen molar-refractivity contribution in [2.45, 2.75) is 32.9 Å². The molecule has 6 nitrogen and oxygen atoms in total. The topological polar surface area (TPSA) is 58.9 Å². The van der Waals surface area contributed by atoms with Crippen molar-refractivity contribution in [2.75, 3.05) is 37.7 Å². The molecular formula is C12H24N6S. The Morgan fingerprint density at radius 3 is 2.84 bits per heavy atom. The summed E-state index contributed by atoms with van der Waals surface area (Å²) in [7, 11) is 0. The fourth-order valence-corrected chi connectivity index (χ4v) is 3.17. The van der Waals surface area contributed by atoms with Crippen molar-refractivity contribution in [2.24, 2.45) is 0 Å². The largest absolute Gasteiger partial charge is 0.307 e. The summed E-state index contributed by atoms with van der Waals surface area (Å²) in [5.74, 6) is 3.44. The first-order valence-electron chi connectivity index (χ1n) is 7.10. The van der Waals surface area contributed by atoms with Crippen LogP contribution in [0.3, 0.4) is 0 Å². The van der Waals surface area contributed by atoms with Crippen LogP contribution in [0.1, 0.15) is 32.1 Å². The second-order valence-electron chi connectivity index (χ2n) is 4.89. The van der Waals surface area contributed by atoms with Gasteiger partial charge in [0.1, 0.15) is 0 Å². The smallest absolute Gasteiger partial charge is 0.167 e. The molecule has 19 heavy (non-hydrogen) atoms. The van der Waals surface area contributed by atoms with Gasteiger partial charge in [0.15, 0.2) is 5.82 Å². The quantitative estimate of drug-likeness (QED) is 0.798. The number of nitrogens with zero attached hydrogens (tertiary/aromatic N) is 5. The predicted molar refractivity (Wildman–Crippen MR) is 78.3 cm³/mol. The summed E-state index contributed by atoms with van der Waals surface area (Å²) < 4.78 is 1.94. The maximum Gasteiger partial charge on any atom is 0.167 e. The third-order valence-corrected chi connectivity index (χ3v) is 4.32. The molecular weight excluding hydrogens is 260 g/mol. The van der Waals surface area contributed by atoms with E-state index in [1.54, 1.807) is 0 Å². The zero-order valence-electron chi connectivity index (χ0n) is 11.9. The minimum atomic E-state index is 0.215. The first-order valence-corrected chi connectivity index (χ1v) is 8.26. The molecule has 0 bridgehead atoms. The van der Waals surface area contributed by atoms with Crippen LogP contribution in [0.5, 0.6) is 0 Å². The van der Waals surface area contributed by atoms with Crippen LogP contribution in [-0.2, 0) is 6.54 Å². The molecule has 2 heterocycles. The van der Waals surface area contributed by atoms with E-state index in [2.05, 4.69) is 39.6 Å². The molecule has 0 spiro atoms. The molecule has 0 radical (unpaired) electrons. The third kappa shape index (κ3) is 4.43. The maximum atomic E-state index is 4.15. The number of hydrogen-bond donors (Lipinski definition) is 1. The highest BCUT2D eigenvalue weighted by Crippen LogP contribution is 2.10. The molecule has 1 fully saturated rings. The van der Waals surface area contributed by atoms with Crippen LogP contribution in [0, 0.1) is 0 Å². The van der Waals surface area contributed by atoms with E-state index in [1.165, 1.54) is 24.6 Å². The van der Waals surface area contributed by atoms with Gasteiger partial charge >= 0.3 is 0 Å². The molecule has 0 saturated carbocycles. The van der Waals surface area contributed by atoms with Gasteiger partial charge < -0.3 is 5.32 Å². The number of rotatable bonds is 7. The van der Waals surface area contributed by atoms with E-state index in [0.29, 0.717) is 0 Å². The zero-order chi connectivity index (χ0) is 13.5. The summed E-state index contributed by atoms with van der Waals surface area (Å²) in [6.45, 7) is 9.57. The van der Waals surface area contributed by atoms with Crippen LogP contribution < -0.4 is 5.32 Å². The SMILES string of the molecule is CCCNC(C)c1nnnn1CCN1CCSCC1. The van der Waals surface area contributed by atoms with Crippen molar-refractivity contribution >= 4 is 11.8 Å². The average molecular weight is 284 g/mol. The fraction of sp³-hybridized carbons (Fsp3) is 0.917. The first kappa shape index (κ1) is 14.7. The number of hydrogen-bond acceptors (Lipinski definition) is 6. The second-order valence-corrected chi connectivity index (χ2v) is 6.11. The van der Waals surface area contributed by atoms with Gasteiger partial charge in [-0.25, -0.2) is 4.68 Å². The molecule has 1 aliphatic rings. The second kappa shape index (κ2) is 7.81. The van der Waals surface area contributed by atoms with Crippen molar-refractivity contribution in [3.8, 4) is 0 Å². The van der Waals surface area contributed by atoms with Crippen molar-refractivity contribution < 1.29 is 0 Å². The van der Waals surface area contributed by atoms with Crippen molar-refractivity contribution in [1.82, 2.24) is 30.4 Å². The highest BCUT2D eigenvalue weighted by atomic mass is 32.2. The van der Waals surface area contributed by atoms with Gasteiger partial charge in [-0.3, -0.25) is 4.90 Å². The Morgan fingerprint density at radius 1 is 1.32 bits per heavy atom. The summed E-state index contributed by atoms with van der Waals surface area (Å²) in [5, 5.41) is 15.5. The molecule has 108 valence electrons. The van der Waals surface area contributed by atoms with Gasteiger partial charge in [-0.05, 0) is 30.3 Å².